The van der Waals surface area contributed by atoms with Crippen LogP contribution in [0.25, 0.3) is 10.9 Å². The van der Waals surface area contributed by atoms with Crippen LogP contribution < -0.4 is 16.3 Å². The number of hydrogen-bond acceptors (Lipinski definition) is 3. The molecule has 1 unspecified atom stereocenters. The molecule has 2 aromatic carbocycles. The summed E-state index contributed by atoms with van der Waals surface area (Å²) in [6.07, 6.45) is 0. The molecule has 0 aliphatic carbocycles. The van der Waals surface area contributed by atoms with Crippen molar-refractivity contribution in [2.75, 3.05) is 7.11 Å². The summed E-state index contributed by atoms with van der Waals surface area (Å²) < 4.78 is 46.6. The van der Waals surface area contributed by atoms with Crippen molar-refractivity contribution in [1.29, 1.82) is 0 Å². The van der Waals surface area contributed by atoms with Crippen LogP contribution in [0.1, 0.15) is 10.5 Å². The molecule has 3 N–H and O–H groups in total. The maximum absolute atomic E-state index is 14.3. The van der Waals surface area contributed by atoms with E-state index in [1.807, 2.05) is 0 Å². The number of nitrogens with two attached hydrogens (primary N) is 1. The summed E-state index contributed by atoms with van der Waals surface area (Å²) in [5.74, 6) is -2.65. The average molecular weight is 385 g/mol. The molecule has 0 radical (unpaired) electrons. The Balaban J connectivity index is 2.44. The summed E-state index contributed by atoms with van der Waals surface area (Å²) in [5, 5.41) is -0.0795. The highest BCUT2D eigenvalue weighted by Gasteiger charge is 2.37. The summed E-state index contributed by atoms with van der Waals surface area (Å²) in [5.41, 5.74) is 5.55. The van der Waals surface area contributed by atoms with Crippen molar-refractivity contribution in [3.8, 4) is 0 Å². The number of nitrogens with one attached hydrogen (secondary N) is 1. The highest BCUT2D eigenvalue weighted by atomic mass is 35.5. The van der Waals surface area contributed by atoms with Crippen LogP contribution in [0.4, 0.5) is 8.78 Å². The SMILES string of the molecule is COP(=O)(c1cc(F)ccc1F)c1c(C(N)=O)[nH]c2ccc(Cl)cc12. The van der Waals surface area contributed by atoms with Crippen LogP contribution in [0.15, 0.2) is 36.4 Å². The predicted octanol–water partition coefficient (Wildman–Crippen LogP) is 3.07. The number of carbonyl (C=O) groups excluding carboxylic acids is 1. The van der Waals surface area contributed by atoms with E-state index in [0.29, 0.717) is 10.5 Å². The first-order valence-electron chi connectivity index (χ1n) is 7.01. The molecule has 0 saturated heterocycles. The molecular formula is C16H12ClF2N2O3P. The van der Waals surface area contributed by atoms with Crippen LogP contribution in [-0.4, -0.2) is 18.0 Å². The third kappa shape index (κ3) is 2.84. The van der Waals surface area contributed by atoms with Crippen molar-refractivity contribution in [3.05, 3.63) is 58.7 Å². The van der Waals surface area contributed by atoms with Crippen LogP contribution in [0.2, 0.25) is 5.02 Å². The molecule has 1 amide bonds. The zero-order valence-electron chi connectivity index (χ0n) is 12.8. The molecule has 1 atom stereocenters. The van der Waals surface area contributed by atoms with Crippen molar-refractivity contribution in [1.82, 2.24) is 4.98 Å². The van der Waals surface area contributed by atoms with Crippen molar-refractivity contribution in [2.45, 2.75) is 0 Å². The van der Waals surface area contributed by atoms with Gasteiger partial charge in [0, 0.05) is 23.0 Å². The Hall–Kier alpha value is -2.21. The Morgan fingerprint density at radius 3 is 2.60 bits per heavy atom. The van der Waals surface area contributed by atoms with E-state index in [0.717, 1.165) is 25.3 Å². The van der Waals surface area contributed by atoms with Gasteiger partial charge in [-0.3, -0.25) is 9.36 Å². The number of carbonyl (C=O) groups is 1. The number of benzene rings is 2. The predicted molar refractivity (Wildman–Crippen MR) is 92.1 cm³/mol. The zero-order chi connectivity index (χ0) is 18.4. The van der Waals surface area contributed by atoms with Gasteiger partial charge in [-0.25, -0.2) is 8.78 Å². The number of rotatable bonds is 4. The van der Waals surface area contributed by atoms with Gasteiger partial charge in [-0.2, -0.15) is 0 Å². The van der Waals surface area contributed by atoms with E-state index in [1.165, 1.54) is 6.07 Å². The van der Waals surface area contributed by atoms with E-state index < -0.39 is 30.2 Å². The first kappa shape index (κ1) is 17.6. The molecule has 0 aliphatic heterocycles. The molecule has 9 heteroatoms. The molecular weight excluding hydrogens is 373 g/mol. The van der Waals surface area contributed by atoms with E-state index >= 15 is 0 Å². The molecule has 1 aromatic heterocycles. The van der Waals surface area contributed by atoms with E-state index in [9.17, 15) is 18.1 Å². The molecule has 0 spiro atoms. The van der Waals surface area contributed by atoms with Crippen molar-refractivity contribution in [2.24, 2.45) is 5.73 Å². The summed E-state index contributed by atoms with van der Waals surface area (Å²) in [6, 6.07) is 7.04. The van der Waals surface area contributed by atoms with Crippen LogP contribution in [0.3, 0.4) is 0 Å². The fraction of sp³-hybridized carbons (Fsp3) is 0.0625. The number of primary amides is 1. The third-order valence-corrected chi connectivity index (χ3v) is 6.54. The number of hydrogen-bond donors (Lipinski definition) is 2. The van der Waals surface area contributed by atoms with Crippen molar-refractivity contribution >= 4 is 46.4 Å². The second kappa shape index (κ2) is 6.26. The lowest BCUT2D eigenvalue weighted by atomic mass is 10.2. The van der Waals surface area contributed by atoms with Crippen molar-refractivity contribution in [3.63, 3.8) is 0 Å². The molecule has 0 fully saturated rings. The minimum atomic E-state index is -4.18. The largest absolute Gasteiger partial charge is 0.364 e. The van der Waals surface area contributed by atoms with Gasteiger partial charge in [-0.1, -0.05) is 11.6 Å². The number of aromatic nitrogens is 1. The summed E-state index contributed by atoms with van der Waals surface area (Å²) in [4.78, 5) is 14.6. The molecule has 3 rings (SSSR count). The topological polar surface area (TPSA) is 85.2 Å². The van der Waals surface area contributed by atoms with E-state index in [2.05, 4.69) is 4.98 Å². The molecule has 1 heterocycles. The Labute approximate surface area is 146 Å². The van der Waals surface area contributed by atoms with Gasteiger partial charge in [0.1, 0.15) is 17.3 Å². The van der Waals surface area contributed by atoms with Gasteiger partial charge in [0.15, 0.2) is 0 Å². The number of halogens is 3. The average Bonchev–Trinajstić information content (AvgIpc) is 2.95. The molecule has 0 saturated carbocycles. The molecule has 5 nitrogen and oxygen atoms in total. The molecule has 25 heavy (non-hydrogen) atoms. The first-order valence-corrected chi connectivity index (χ1v) is 9.01. The maximum Gasteiger partial charge on any atom is 0.267 e. The van der Waals surface area contributed by atoms with Gasteiger partial charge < -0.3 is 15.2 Å². The van der Waals surface area contributed by atoms with Gasteiger partial charge in [-0.15, -0.1) is 0 Å². The van der Waals surface area contributed by atoms with Crippen LogP contribution in [-0.2, 0) is 9.09 Å². The van der Waals surface area contributed by atoms with Crippen LogP contribution in [0, 0.1) is 11.6 Å². The highest BCUT2D eigenvalue weighted by Crippen LogP contribution is 2.47. The monoisotopic (exact) mass is 384 g/mol. The summed E-state index contributed by atoms with van der Waals surface area (Å²) in [6.45, 7) is 0. The standard InChI is InChI=1S/C16H12ClF2N2O3P/c1-24-25(23,13-7-9(18)3-4-11(13)19)15-10-6-8(17)2-5-12(10)21-14(15)16(20)22/h2-7,21H,1H3,(H2,20,22). The smallest absolute Gasteiger partial charge is 0.267 e. The number of aromatic amines is 1. The number of fused-ring (bicyclic) bond motifs is 1. The second-order valence-corrected chi connectivity index (χ2v) is 8.07. The Kier molecular flexibility index (Phi) is 4.41. The van der Waals surface area contributed by atoms with Crippen molar-refractivity contribution < 1.29 is 22.7 Å². The van der Waals surface area contributed by atoms with Gasteiger partial charge in [0.25, 0.3) is 13.3 Å². The minimum absolute atomic E-state index is 0.149. The highest BCUT2D eigenvalue weighted by molar-refractivity contribution is 7.75. The van der Waals surface area contributed by atoms with Gasteiger partial charge >= 0.3 is 0 Å². The van der Waals surface area contributed by atoms with Gasteiger partial charge in [0.2, 0.25) is 0 Å². The number of H-pyrrole nitrogens is 1. The second-order valence-electron chi connectivity index (χ2n) is 5.23. The van der Waals surface area contributed by atoms with Gasteiger partial charge in [-0.05, 0) is 36.4 Å². The van der Waals surface area contributed by atoms with E-state index in [-0.39, 0.29) is 16.4 Å². The zero-order valence-corrected chi connectivity index (χ0v) is 14.5. The summed E-state index contributed by atoms with van der Waals surface area (Å²) >= 11 is 5.98. The third-order valence-electron chi connectivity index (χ3n) is 3.76. The Morgan fingerprint density at radius 1 is 1.24 bits per heavy atom. The molecule has 130 valence electrons. The fourth-order valence-corrected chi connectivity index (χ4v) is 5.06. The lowest BCUT2D eigenvalue weighted by Crippen LogP contribution is -2.27. The normalized spacial score (nSPS) is 13.8. The number of amides is 1. The Bertz CT molecular complexity index is 1050. The maximum atomic E-state index is 14.3. The first-order chi connectivity index (χ1) is 11.8. The molecule has 0 aliphatic rings. The van der Waals surface area contributed by atoms with E-state index in [1.54, 1.807) is 12.1 Å². The quantitative estimate of drug-likeness (QED) is 0.678. The molecule has 0 bridgehead atoms. The van der Waals surface area contributed by atoms with Gasteiger partial charge in [0.05, 0.1) is 10.6 Å². The van der Waals surface area contributed by atoms with Crippen LogP contribution in [0.5, 0.6) is 0 Å². The fourth-order valence-electron chi connectivity index (χ4n) is 2.66. The molecule has 3 aromatic rings. The van der Waals surface area contributed by atoms with E-state index in [4.69, 9.17) is 21.9 Å². The minimum Gasteiger partial charge on any atom is -0.364 e. The Morgan fingerprint density at radius 2 is 1.96 bits per heavy atom. The summed E-state index contributed by atoms with van der Waals surface area (Å²) in [7, 11) is -3.10. The van der Waals surface area contributed by atoms with Crippen LogP contribution >= 0.6 is 19.0 Å². The lowest BCUT2D eigenvalue weighted by molar-refractivity contribution is 0.0997. The lowest BCUT2D eigenvalue weighted by Gasteiger charge is -2.18.